The highest BCUT2D eigenvalue weighted by Gasteiger charge is 2.03. The van der Waals surface area contributed by atoms with E-state index < -0.39 is 0 Å². The average molecular weight is 383 g/mol. The van der Waals surface area contributed by atoms with Crippen molar-refractivity contribution in [2.24, 2.45) is 4.99 Å². The van der Waals surface area contributed by atoms with Crippen LogP contribution in [0, 0.1) is 0 Å². The van der Waals surface area contributed by atoms with Crippen molar-refractivity contribution in [1.82, 2.24) is 20.4 Å². The standard InChI is InChI=1S/C14H17N5.HI/c1-7-15-14(16-8-1)17-11-12-3-5-13(6-4-12)19-10-2-9-18-19;/h2-6,9-10H,1,7-8,11H2,(H2,15,16,17);1H. The number of hydrogen-bond acceptors (Lipinski definition) is 4. The number of nitrogens with zero attached hydrogens (tertiary/aromatic N) is 3. The second-order valence-corrected chi connectivity index (χ2v) is 4.48. The Hall–Kier alpha value is -1.57. The number of aromatic nitrogens is 2. The van der Waals surface area contributed by atoms with E-state index in [9.17, 15) is 0 Å². The van der Waals surface area contributed by atoms with Crippen LogP contribution in [-0.4, -0.2) is 28.8 Å². The molecule has 1 aromatic heterocycles. The summed E-state index contributed by atoms with van der Waals surface area (Å²) >= 11 is 0. The predicted molar refractivity (Wildman–Crippen MR) is 90.7 cm³/mol. The Morgan fingerprint density at radius 3 is 2.75 bits per heavy atom. The fourth-order valence-electron chi connectivity index (χ4n) is 2.02. The number of halogens is 1. The van der Waals surface area contributed by atoms with E-state index in [0.29, 0.717) is 0 Å². The molecule has 106 valence electrons. The van der Waals surface area contributed by atoms with Crippen LogP contribution in [0.25, 0.3) is 5.69 Å². The zero-order valence-corrected chi connectivity index (χ0v) is 13.5. The first-order chi connectivity index (χ1) is 9.42. The summed E-state index contributed by atoms with van der Waals surface area (Å²) in [5.41, 5.74) is 2.30. The summed E-state index contributed by atoms with van der Waals surface area (Å²) in [7, 11) is 0. The molecular weight excluding hydrogens is 365 g/mol. The van der Waals surface area contributed by atoms with E-state index in [1.807, 2.05) is 16.9 Å². The molecule has 0 bridgehead atoms. The summed E-state index contributed by atoms with van der Waals surface area (Å²) in [4.78, 5) is 4.38. The molecule has 1 aliphatic heterocycles. The van der Waals surface area contributed by atoms with Crippen molar-refractivity contribution in [2.45, 2.75) is 13.0 Å². The molecule has 20 heavy (non-hydrogen) atoms. The van der Waals surface area contributed by atoms with Crippen molar-refractivity contribution >= 4 is 29.9 Å². The van der Waals surface area contributed by atoms with E-state index in [1.54, 1.807) is 6.20 Å². The molecular formula is C14H18IN5. The molecule has 2 aromatic rings. The molecule has 0 amide bonds. The highest BCUT2D eigenvalue weighted by atomic mass is 127. The maximum absolute atomic E-state index is 4.38. The van der Waals surface area contributed by atoms with Crippen LogP contribution in [0.3, 0.4) is 0 Å². The molecule has 2 N–H and O–H groups in total. The summed E-state index contributed by atoms with van der Waals surface area (Å²) in [6, 6.07) is 10.3. The van der Waals surface area contributed by atoms with Gasteiger partial charge in [-0.2, -0.15) is 5.10 Å². The lowest BCUT2D eigenvalue weighted by molar-refractivity contribution is 0.702. The van der Waals surface area contributed by atoms with E-state index in [1.165, 1.54) is 5.56 Å². The second kappa shape index (κ2) is 7.28. The Balaban J connectivity index is 0.00000147. The monoisotopic (exact) mass is 383 g/mol. The van der Waals surface area contributed by atoms with Gasteiger partial charge in [0.25, 0.3) is 0 Å². The van der Waals surface area contributed by atoms with Crippen LogP contribution in [0.15, 0.2) is 47.7 Å². The van der Waals surface area contributed by atoms with Crippen LogP contribution in [0.2, 0.25) is 0 Å². The van der Waals surface area contributed by atoms with Crippen LogP contribution in [0.5, 0.6) is 0 Å². The molecule has 0 radical (unpaired) electrons. The van der Waals surface area contributed by atoms with Crippen LogP contribution in [0.4, 0.5) is 0 Å². The molecule has 1 aromatic carbocycles. The lowest BCUT2D eigenvalue weighted by Crippen LogP contribution is -2.40. The van der Waals surface area contributed by atoms with Gasteiger partial charge in [0.2, 0.25) is 0 Å². The summed E-state index contributed by atoms with van der Waals surface area (Å²) in [6.45, 7) is 2.70. The molecule has 5 nitrogen and oxygen atoms in total. The lowest BCUT2D eigenvalue weighted by atomic mass is 10.2. The van der Waals surface area contributed by atoms with Gasteiger partial charge in [0.1, 0.15) is 0 Å². The van der Waals surface area contributed by atoms with Crippen molar-refractivity contribution in [3.63, 3.8) is 0 Å². The van der Waals surface area contributed by atoms with Crippen LogP contribution < -0.4 is 10.6 Å². The topological polar surface area (TPSA) is 54.2 Å². The van der Waals surface area contributed by atoms with E-state index >= 15 is 0 Å². The van der Waals surface area contributed by atoms with Gasteiger partial charge in [0.15, 0.2) is 5.96 Å². The molecule has 0 unspecified atom stereocenters. The lowest BCUT2D eigenvalue weighted by Gasteiger charge is -2.16. The quantitative estimate of drug-likeness (QED) is 0.797. The molecule has 2 heterocycles. The summed E-state index contributed by atoms with van der Waals surface area (Å²) in [6.07, 6.45) is 4.83. The maximum Gasteiger partial charge on any atom is 0.191 e. The number of hydrogen-bond donors (Lipinski definition) is 2. The van der Waals surface area contributed by atoms with Crippen molar-refractivity contribution in [1.29, 1.82) is 0 Å². The predicted octanol–water partition coefficient (Wildman–Crippen LogP) is 1.93. The number of aliphatic imine (C=N–C) groups is 1. The third-order valence-corrected chi connectivity index (χ3v) is 3.06. The molecule has 6 heteroatoms. The number of benzene rings is 1. The minimum atomic E-state index is 0. The van der Waals surface area contributed by atoms with Crippen molar-refractivity contribution in [2.75, 3.05) is 13.1 Å². The number of rotatable bonds is 3. The number of nitrogens with one attached hydrogen (secondary N) is 2. The summed E-state index contributed by atoms with van der Waals surface area (Å²) in [5, 5.41) is 10.8. The fourth-order valence-corrected chi connectivity index (χ4v) is 2.02. The summed E-state index contributed by atoms with van der Waals surface area (Å²) in [5.74, 6) is 0.905. The first-order valence-electron chi connectivity index (χ1n) is 6.53. The molecule has 0 fully saturated rings. The largest absolute Gasteiger partial charge is 0.356 e. The van der Waals surface area contributed by atoms with Gasteiger partial charge in [-0.05, 0) is 30.2 Å². The highest BCUT2D eigenvalue weighted by Crippen LogP contribution is 2.08. The van der Waals surface area contributed by atoms with E-state index in [4.69, 9.17) is 0 Å². The van der Waals surface area contributed by atoms with Crippen molar-refractivity contribution in [3.8, 4) is 5.69 Å². The Labute approximate surface area is 135 Å². The average Bonchev–Trinajstić information content (AvgIpc) is 3.01. The minimum Gasteiger partial charge on any atom is -0.356 e. The van der Waals surface area contributed by atoms with Gasteiger partial charge in [-0.1, -0.05) is 12.1 Å². The van der Waals surface area contributed by atoms with Gasteiger partial charge in [0, 0.05) is 32.0 Å². The Morgan fingerprint density at radius 1 is 1.25 bits per heavy atom. The van der Waals surface area contributed by atoms with Gasteiger partial charge >= 0.3 is 0 Å². The van der Waals surface area contributed by atoms with E-state index in [-0.39, 0.29) is 24.0 Å². The molecule has 1 aliphatic rings. The van der Waals surface area contributed by atoms with E-state index in [2.05, 4.69) is 45.0 Å². The molecule has 3 rings (SSSR count). The van der Waals surface area contributed by atoms with Gasteiger partial charge in [-0.25, -0.2) is 4.68 Å². The highest BCUT2D eigenvalue weighted by molar-refractivity contribution is 14.0. The minimum absolute atomic E-state index is 0. The normalized spacial score (nSPS) is 13.9. The zero-order chi connectivity index (χ0) is 12.9. The fraction of sp³-hybridized carbons (Fsp3) is 0.286. The molecule has 0 atom stereocenters. The Bertz CT molecular complexity index is 547. The van der Waals surface area contributed by atoms with Gasteiger partial charge in [-0.15, -0.1) is 24.0 Å². The Morgan fingerprint density at radius 2 is 2.10 bits per heavy atom. The maximum atomic E-state index is 4.38. The Kier molecular flexibility index (Phi) is 5.40. The smallest absolute Gasteiger partial charge is 0.191 e. The molecule has 0 spiro atoms. The van der Waals surface area contributed by atoms with Crippen molar-refractivity contribution < 1.29 is 0 Å². The molecule has 0 saturated carbocycles. The molecule has 0 saturated heterocycles. The number of guanidine groups is 1. The second-order valence-electron chi connectivity index (χ2n) is 4.48. The van der Waals surface area contributed by atoms with E-state index in [0.717, 1.165) is 37.7 Å². The third kappa shape index (κ3) is 3.72. The molecule has 0 aliphatic carbocycles. The first-order valence-corrected chi connectivity index (χ1v) is 6.53. The summed E-state index contributed by atoms with van der Waals surface area (Å²) < 4.78 is 1.85. The van der Waals surface area contributed by atoms with Crippen molar-refractivity contribution in [3.05, 3.63) is 48.3 Å². The van der Waals surface area contributed by atoms with Crippen LogP contribution in [-0.2, 0) is 6.54 Å². The van der Waals surface area contributed by atoms with Gasteiger partial charge in [-0.3, -0.25) is 4.99 Å². The SMILES string of the molecule is I.c1cnn(-c2ccc(CNC3=NCCCN3)cc2)c1. The zero-order valence-electron chi connectivity index (χ0n) is 11.1. The first kappa shape index (κ1) is 14.8. The van der Waals surface area contributed by atoms with Gasteiger partial charge < -0.3 is 10.6 Å². The van der Waals surface area contributed by atoms with Crippen LogP contribution in [0.1, 0.15) is 12.0 Å². The third-order valence-electron chi connectivity index (χ3n) is 3.06. The van der Waals surface area contributed by atoms with Crippen LogP contribution >= 0.6 is 24.0 Å². The van der Waals surface area contributed by atoms with Gasteiger partial charge in [0.05, 0.1) is 5.69 Å².